The summed E-state index contributed by atoms with van der Waals surface area (Å²) in [6, 6.07) is 3.85. The van der Waals surface area contributed by atoms with E-state index in [4.69, 9.17) is 0 Å². The van der Waals surface area contributed by atoms with Gasteiger partial charge in [-0.25, -0.2) is 4.98 Å². The highest BCUT2D eigenvalue weighted by Gasteiger charge is 2.22. The Morgan fingerprint density at radius 3 is 3.13 bits per heavy atom. The molecule has 116 valence electrons. The van der Waals surface area contributed by atoms with Crippen LogP contribution in [0.4, 0.5) is 0 Å². The molecular weight excluding hydrogens is 306 g/mol. The Morgan fingerprint density at radius 2 is 2.30 bits per heavy atom. The van der Waals surface area contributed by atoms with E-state index in [1.807, 2.05) is 24.3 Å². The molecule has 0 saturated carbocycles. The fourth-order valence-corrected chi connectivity index (χ4v) is 4.48. The minimum atomic E-state index is -0.0205. The number of rotatable bonds is 2. The zero-order valence-corrected chi connectivity index (χ0v) is 13.7. The Hall–Kier alpha value is -2.27. The highest BCUT2D eigenvalue weighted by molar-refractivity contribution is 7.18. The van der Waals surface area contributed by atoms with Crippen molar-refractivity contribution >= 4 is 33.7 Å². The molecule has 3 aromatic rings. The van der Waals surface area contributed by atoms with Crippen LogP contribution >= 0.6 is 11.3 Å². The first kappa shape index (κ1) is 14.3. The standard InChI is InChI=1S/C18H17N3OS/c1-11-4-6-13-14(9-11)23-18-16(13)17(22)20-15(21-18)7-5-12-3-2-8-19-10-12/h2-3,5,7-8,10-11H,4,6,9H2,1H3,(H,20,21,22)/b7-5+/t11-/m1/s1. The highest BCUT2D eigenvalue weighted by atomic mass is 32.1. The van der Waals surface area contributed by atoms with Crippen molar-refractivity contribution in [3.05, 3.63) is 56.7 Å². The molecule has 1 aliphatic rings. The van der Waals surface area contributed by atoms with Crippen molar-refractivity contribution in [2.75, 3.05) is 0 Å². The van der Waals surface area contributed by atoms with Gasteiger partial charge in [-0.3, -0.25) is 9.78 Å². The van der Waals surface area contributed by atoms with Crippen molar-refractivity contribution in [2.45, 2.75) is 26.2 Å². The first-order valence-corrected chi connectivity index (χ1v) is 8.65. The molecule has 0 bridgehead atoms. The van der Waals surface area contributed by atoms with Crippen molar-refractivity contribution < 1.29 is 0 Å². The van der Waals surface area contributed by atoms with Gasteiger partial charge in [0.25, 0.3) is 5.56 Å². The Balaban J connectivity index is 1.76. The van der Waals surface area contributed by atoms with Gasteiger partial charge in [0.15, 0.2) is 0 Å². The van der Waals surface area contributed by atoms with Crippen LogP contribution in [-0.2, 0) is 12.8 Å². The van der Waals surface area contributed by atoms with E-state index >= 15 is 0 Å². The molecule has 1 N–H and O–H groups in total. The van der Waals surface area contributed by atoms with E-state index < -0.39 is 0 Å². The SMILES string of the molecule is C[C@@H]1CCc2c(sc3nc(/C=C/c4cccnc4)[nH]c(=O)c23)C1. The van der Waals surface area contributed by atoms with Crippen LogP contribution in [-0.4, -0.2) is 15.0 Å². The molecular formula is C18H17N3OS. The third kappa shape index (κ3) is 2.72. The monoisotopic (exact) mass is 323 g/mol. The predicted octanol–water partition coefficient (Wildman–Crippen LogP) is 3.67. The van der Waals surface area contributed by atoms with Crippen LogP contribution in [0.3, 0.4) is 0 Å². The van der Waals surface area contributed by atoms with E-state index in [1.165, 1.54) is 10.4 Å². The van der Waals surface area contributed by atoms with Gasteiger partial charge in [0.1, 0.15) is 10.7 Å². The largest absolute Gasteiger partial charge is 0.306 e. The number of aromatic nitrogens is 3. The molecule has 4 rings (SSSR count). The summed E-state index contributed by atoms with van der Waals surface area (Å²) in [4.78, 5) is 26.3. The van der Waals surface area contributed by atoms with Crippen LogP contribution in [0, 0.1) is 5.92 Å². The summed E-state index contributed by atoms with van der Waals surface area (Å²) in [5, 5.41) is 0.801. The van der Waals surface area contributed by atoms with Gasteiger partial charge < -0.3 is 4.98 Å². The number of aryl methyl sites for hydroxylation is 1. The summed E-state index contributed by atoms with van der Waals surface area (Å²) in [5.74, 6) is 1.29. The molecule has 0 spiro atoms. The van der Waals surface area contributed by atoms with Gasteiger partial charge in [-0.1, -0.05) is 13.0 Å². The lowest BCUT2D eigenvalue weighted by Gasteiger charge is -2.17. The maximum Gasteiger partial charge on any atom is 0.260 e. The fraction of sp³-hybridized carbons (Fsp3) is 0.278. The van der Waals surface area contributed by atoms with Crippen molar-refractivity contribution in [2.24, 2.45) is 5.92 Å². The van der Waals surface area contributed by atoms with Crippen LogP contribution in [0.25, 0.3) is 22.4 Å². The summed E-state index contributed by atoms with van der Waals surface area (Å²) in [6.45, 7) is 2.27. The number of fused-ring (bicyclic) bond motifs is 3. The second-order valence-electron chi connectivity index (χ2n) is 6.10. The molecule has 0 fully saturated rings. The van der Waals surface area contributed by atoms with Crippen molar-refractivity contribution in [1.82, 2.24) is 15.0 Å². The van der Waals surface area contributed by atoms with Crippen LogP contribution in [0.5, 0.6) is 0 Å². The third-order valence-electron chi connectivity index (χ3n) is 4.30. The number of hydrogen-bond acceptors (Lipinski definition) is 4. The lowest BCUT2D eigenvalue weighted by molar-refractivity contribution is 0.509. The van der Waals surface area contributed by atoms with Crippen LogP contribution < -0.4 is 5.56 Å². The minimum Gasteiger partial charge on any atom is -0.306 e. The first-order chi connectivity index (χ1) is 11.2. The zero-order valence-electron chi connectivity index (χ0n) is 12.9. The van der Waals surface area contributed by atoms with Crippen LogP contribution in [0.2, 0.25) is 0 Å². The lowest BCUT2D eigenvalue weighted by atomic mass is 9.89. The Morgan fingerprint density at radius 1 is 1.39 bits per heavy atom. The summed E-state index contributed by atoms with van der Waals surface area (Å²) in [6.07, 6.45) is 10.5. The van der Waals surface area contributed by atoms with Gasteiger partial charge in [0.05, 0.1) is 5.39 Å². The molecule has 0 radical (unpaired) electrons. The van der Waals surface area contributed by atoms with E-state index in [2.05, 4.69) is 21.9 Å². The number of pyridine rings is 1. The van der Waals surface area contributed by atoms with Crippen molar-refractivity contribution in [1.29, 1.82) is 0 Å². The molecule has 0 aromatic carbocycles. The normalized spacial score (nSPS) is 17.7. The van der Waals surface area contributed by atoms with E-state index in [0.717, 1.165) is 35.0 Å². The van der Waals surface area contributed by atoms with Gasteiger partial charge >= 0.3 is 0 Å². The summed E-state index contributed by atoms with van der Waals surface area (Å²) in [5.41, 5.74) is 2.18. The molecule has 0 unspecified atom stereocenters. The minimum absolute atomic E-state index is 0.0205. The van der Waals surface area contributed by atoms with Crippen LogP contribution in [0.1, 0.15) is 35.2 Å². The van der Waals surface area contributed by atoms with Gasteiger partial charge in [-0.05, 0) is 54.5 Å². The van der Waals surface area contributed by atoms with E-state index in [0.29, 0.717) is 11.7 Å². The van der Waals surface area contributed by atoms with E-state index in [-0.39, 0.29) is 5.56 Å². The second kappa shape index (κ2) is 5.74. The van der Waals surface area contributed by atoms with E-state index in [1.54, 1.807) is 23.7 Å². The molecule has 1 aliphatic carbocycles. The average Bonchev–Trinajstić information content (AvgIpc) is 2.91. The number of hydrogen-bond donors (Lipinski definition) is 1. The summed E-state index contributed by atoms with van der Waals surface area (Å²) >= 11 is 1.68. The van der Waals surface area contributed by atoms with Gasteiger partial charge in [-0.15, -0.1) is 11.3 Å². The maximum absolute atomic E-state index is 12.5. The molecule has 3 heterocycles. The number of nitrogens with one attached hydrogen (secondary N) is 1. The fourth-order valence-electron chi connectivity index (χ4n) is 3.09. The quantitative estimate of drug-likeness (QED) is 0.783. The smallest absolute Gasteiger partial charge is 0.260 e. The number of thiophene rings is 1. The zero-order chi connectivity index (χ0) is 15.8. The molecule has 5 heteroatoms. The molecule has 1 atom stereocenters. The molecule has 3 aromatic heterocycles. The number of aromatic amines is 1. The highest BCUT2D eigenvalue weighted by Crippen LogP contribution is 2.35. The van der Waals surface area contributed by atoms with Crippen LogP contribution in [0.15, 0.2) is 29.3 Å². The van der Waals surface area contributed by atoms with Crippen molar-refractivity contribution in [3.8, 4) is 0 Å². The van der Waals surface area contributed by atoms with Crippen molar-refractivity contribution in [3.63, 3.8) is 0 Å². The maximum atomic E-state index is 12.5. The lowest BCUT2D eigenvalue weighted by Crippen LogP contribution is -2.13. The van der Waals surface area contributed by atoms with E-state index in [9.17, 15) is 4.79 Å². The summed E-state index contributed by atoms with van der Waals surface area (Å²) in [7, 11) is 0. The number of H-pyrrole nitrogens is 1. The van der Waals surface area contributed by atoms with Gasteiger partial charge in [0.2, 0.25) is 0 Å². The average molecular weight is 323 g/mol. The molecule has 0 amide bonds. The predicted molar refractivity (Wildman–Crippen MR) is 94.6 cm³/mol. The molecule has 0 saturated heterocycles. The Kier molecular flexibility index (Phi) is 3.58. The molecule has 4 nitrogen and oxygen atoms in total. The molecule has 23 heavy (non-hydrogen) atoms. The third-order valence-corrected chi connectivity index (χ3v) is 5.45. The summed E-state index contributed by atoms with van der Waals surface area (Å²) < 4.78 is 0. The number of nitrogens with zero attached hydrogens (tertiary/aromatic N) is 2. The topological polar surface area (TPSA) is 58.6 Å². The van der Waals surface area contributed by atoms with Gasteiger partial charge in [0, 0.05) is 17.3 Å². The first-order valence-electron chi connectivity index (χ1n) is 7.83. The van der Waals surface area contributed by atoms with Gasteiger partial charge in [-0.2, -0.15) is 0 Å². The Labute approximate surface area is 137 Å². The molecule has 0 aliphatic heterocycles. The Bertz CT molecular complexity index is 940. The second-order valence-corrected chi connectivity index (χ2v) is 7.19.